The Bertz CT molecular complexity index is 559. The first-order chi connectivity index (χ1) is 9.08. The second-order valence-electron chi connectivity index (χ2n) is 4.40. The van der Waals surface area contributed by atoms with E-state index >= 15 is 0 Å². The van der Waals surface area contributed by atoms with Gasteiger partial charge in [0.05, 0.1) is 10.8 Å². The van der Waals surface area contributed by atoms with Crippen LogP contribution in [0.25, 0.3) is 9.40 Å². The van der Waals surface area contributed by atoms with E-state index in [0.29, 0.717) is 24.3 Å². The Morgan fingerprint density at radius 1 is 1.42 bits per heavy atom. The third-order valence-electron chi connectivity index (χ3n) is 2.88. The minimum Gasteiger partial charge on any atom is -0.481 e. The molecule has 0 fully saturated rings. The van der Waals surface area contributed by atoms with E-state index in [1.54, 1.807) is 18.3 Å². The van der Waals surface area contributed by atoms with E-state index in [1.807, 2.05) is 17.5 Å². The first kappa shape index (κ1) is 14.0. The first-order valence-electron chi connectivity index (χ1n) is 6.06. The highest BCUT2D eigenvalue weighted by molar-refractivity contribution is 7.27. The largest absolute Gasteiger partial charge is 0.481 e. The van der Waals surface area contributed by atoms with Crippen molar-refractivity contribution >= 4 is 43.9 Å². The predicted octanol–water partition coefficient (Wildman–Crippen LogP) is 3.19. The van der Waals surface area contributed by atoms with Crippen molar-refractivity contribution in [2.24, 2.45) is 5.92 Å². The Morgan fingerprint density at radius 2 is 2.21 bits per heavy atom. The van der Waals surface area contributed by atoms with Crippen LogP contribution in [0.2, 0.25) is 0 Å². The van der Waals surface area contributed by atoms with Gasteiger partial charge in [0, 0.05) is 15.9 Å². The summed E-state index contributed by atoms with van der Waals surface area (Å²) in [5.41, 5.74) is 0. The quantitative estimate of drug-likeness (QED) is 0.805. The molecular weight excluding hydrogens is 282 g/mol. The van der Waals surface area contributed by atoms with E-state index in [4.69, 9.17) is 5.11 Å². The van der Waals surface area contributed by atoms with Crippen LogP contribution >= 0.6 is 22.7 Å². The molecule has 4 nitrogen and oxygen atoms in total. The fourth-order valence-corrected chi connectivity index (χ4v) is 3.72. The number of aliphatic carboxylic acids is 1. The second-order valence-corrected chi connectivity index (χ2v) is 6.43. The van der Waals surface area contributed by atoms with Crippen molar-refractivity contribution in [1.82, 2.24) is 5.32 Å². The summed E-state index contributed by atoms with van der Waals surface area (Å²) in [7, 11) is 0. The summed E-state index contributed by atoms with van der Waals surface area (Å²) in [6.45, 7) is 2.19. The molecule has 19 heavy (non-hydrogen) atoms. The molecule has 2 rings (SSSR count). The maximum Gasteiger partial charge on any atom is 0.306 e. The molecule has 102 valence electrons. The van der Waals surface area contributed by atoms with Gasteiger partial charge in [-0.25, -0.2) is 0 Å². The molecule has 1 atom stereocenters. The lowest BCUT2D eigenvalue weighted by Gasteiger charge is -2.06. The number of hydrogen-bond acceptors (Lipinski definition) is 4. The third-order valence-corrected chi connectivity index (χ3v) is 4.98. The second kappa shape index (κ2) is 6.16. The van der Waals surface area contributed by atoms with E-state index in [9.17, 15) is 9.59 Å². The SMILES string of the molecule is CC(CCCNC(=O)c1cc2sccc2s1)C(=O)O. The lowest BCUT2D eigenvalue weighted by molar-refractivity contribution is -0.141. The van der Waals surface area contributed by atoms with Crippen molar-refractivity contribution in [1.29, 1.82) is 0 Å². The van der Waals surface area contributed by atoms with E-state index in [2.05, 4.69) is 5.32 Å². The number of carboxylic acid groups (broad SMARTS) is 1. The lowest BCUT2D eigenvalue weighted by Crippen LogP contribution is -2.24. The highest BCUT2D eigenvalue weighted by Gasteiger charge is 2.12. The van der Waals surface area contributed by atoms with Crippen molar-refractivity contribution in [2.45, 2.75) is 19.8 Å². The van der Waals surface area contributed by atoms with Crippen molar-refractivity contribution in [2.75, 3.05) is 6.54 Å². The average molecular weight is 297 g/mol. The minimum absolute atomic E-state index is 0.0728. The van der Waals surface area contributed by atoms with Crippen LogP contribution < -0.4 is 5.32 Å². The summed E-state index contributed by atoms with van der Waals surface area (Å²) >= 11 is 3.11. The van der Waals surface area contributed by atoms with Crippen LogP contribution in [0.1, 0.15) is 29.4 Å². The molecule has 1 amide bonds. The topological polar surface area (TPSA) is 66.4 Å². The molecule has 0 saturated heterocycles. The van der Waals surface area contributed by atoms with Gasteiger partial charge in [0.2, 0.25) is 0 Å². The first-order valence-corrected chi connectivity index (χ1v) is 7.75. The monoisotopic (exact) mass is 297 g/mol. The van der Waals surface area contributed by atoms with E-state index in [0.717, 1.165) is 9.40 Å². The summed E-state index contributed by atoms with van der Waals surface area (Å²) in [5, 5.41) is 13.6. The molecule has 2 N–H and O–H groups in total. The van der Waals surface area contributed by atoms with Crippen LogP contribution in [-0.4, -0.2) is 23.5 Å². The molecule has 1 unspecified atom stereocenters. The number of nitrogens with one attached hydrogen (secondary N) is 1. The Kier molecular flexibility index (Phi) is 4.55. The minimum atomic E-state index is -0.787. The Balaban J connectivity index is 1.78. The molecule has 0 aromatic carbocycles. The molecule has 6 heteroatoms. The van der Waals surface area contributed by atoms with Crippen LogP contribution in [0.15, 0.2) is 17.5 Å². The van der Waals surface area contributed by atoms with E-state index < -0.39 is 5.97 Å². The van der Waals surface area contributed by atoms with Gasteiger partial charge >= 0.3 is 5.97 Å². The number of hydrogen-bond donors (Lipinski definition) is 2. The summed E-state index contributed by atoms with van der Waals surface area (Å²) in [4.78, 5) is 23.2. The highest BCUT2D eigenvalue weighted by Crippen LogP contribution is 2.29. The smallest absolute Gasteiger partial charge is 0.306 e. The number of fused-ring (bicyclic) bond motifs is 1. The van der Waals surface area contributed by atoms with Crippen molar-refractivity contribution in [3.63, 3.8) is 0 Å². The molecule has 0 saturated carbocycles. The third kappa shape index (κ3) is 3.54. The highest BCUT2D eigenvalue weighted by atomic mass is 32.1. The molecule has 0 aliphatic heterocycles. The van der Waals surface area contributed by atoms with E-state index in [1.165, 1.54) is 11.3 Å². The molecule has 0 aliphatic carbocycles. The molecule has 2 heterocycles. The van der Waals surface area contributed by atoms with Gasteiger partial charge in [-0.1, -0.05) is 6.92 Å². The molecule has 0 radical (unpaired) electrons. The summed E-state index contributed by atoms with van der Waals surface area (Å²) in [6, 6.07) is 3.91. The molecular formula is C13H15NO3S2. The van der Waals surface area contributed by atoms with Gasteiger partial charge in [0.1, 0.15) is 0 Å². The zero-order valence-electron chi connectivity index (χ0n) is 10.5. The number of thiophene rings is 2. The maximum absolute atomic E-state index is 11.9. The Morgan fingerprint density at radius 3 is 2.89 bits per heavy atom. The van der Waals surface area contributed by atoms with Crippen LogP contribution in [0, 0.1) is 5.92 Å². The molecule has 0 spiro atoms. The number of carbonyl (C=O) groups is 2. The van der Waals surface area contributed by atoms with Crippen LogP contribution in [0.3, 0.4) is 0 Å². The average Bonchev–Trinajstić information content (AvgIpc) is 2.94. The number of amides is 1. The normalized spacial score (nSPS) is 12.5. The van der Waals surface area contributed by atoms with Crippen molar-refractivity contribution in [3.05, 3.63) is 22.4 Å². The fraction of sp³-hybridized carbons (Fsp3) is 0.385. The van der Waals surface area contributed by atoms with Gasteiger partial charge in [0.15, 0.2) is 0 Å². The maximum atomic E-state index is 11.9. The van der Waals surface area contributed by atoms with Gasteiger partial charge < -0.3 is 10.4 Å². The summed E-state index contributed by atoms with van der Waals surface area (Å²) < 4.78 is 2.27. The summed E-state index contributed by atoms with van der Waals surface area (Å²) in [5.74, 6) is -1.22. The standard InChI is InChI=1S/C13H15NO3S2/c1-8(13(16)17)3-2-5-14-12(15)11-7-10-9(19-11)4-6-18-10/h4,6-8H,2-3,5H2,1H3,(H,14,15)(H,16,17). The van der Waals surface area contributed by atoms with Crippen LogP contribution in [0.4, 0.5) is 0 Å². The Labute approximate surface area is 119 Å². The van der Waals surface area contributed by atoms with Gasteiger partial charge in [-0.2, -0.15) is 0 Å². The van der Waals surface area contributed by atoms with Gasteiger partial charge in [-0.15, -0.1) is 22.7 Å². The number of carboxylic acids is 1. The number of carbonyl (C=O) groups excluding carboxylic acids is 1. The molecule has 2 aromatic heterocycles. The van der Waals surface area contributed by atoms with Crippen LogP contribution in [-0.2, 0) is 4.79 Å². The fourth-order valence-electron chi connectivity index (χ4n) is 1.70. The van der Waals surface area contributed by atoms with Gasteiger partial charge in [-0.3, -0.25) is 9.59 Å². The van der Waals surface area contributed by atoms with E-state index in [-0.39, 0.29) is 11.8 Å². The zero-order valence-corrected chi connectivity index (χ0v) is 12.1. The van der Waals surface area contributed by atoms with Crippen molar-refractivity contribution in [3.8, 4) is 0 Å². The van der Waals surface area contributed by atoms with Crippen LogP contribution in [0.5, 0.6) is 0 Å². The molecule has 2 aromatic rings. The van der Waals surface area contributed by atoms with Gasteiger partial charge in [0.25, 0.3) is 5.91 Å². The Hall–Kier alpha value is -1.40. The van der Waals surface area contributed by atoms with Crippen molar-refractivity contribution < 1.29 is 14.7 Å². The predicted molar refractivity (Wildman–Crippen MR) is 78.1 cm³/mol. The molecule has 0 bridgehead atoms. The summed E-state index contributed by atoms with van der Waals surface area (Å²) in [6.07, 6.45) is 1.26. The lowest BCUT2D eigenvalue weighted by atomic mass is 10.1. The van der Waals surface area contributed by atoms with Gasteiger partial charge in [-0.05, 0) is 30.4 Å². The zero-order chi connectivity index (χ0) is 13.8. The molecule has 0 aliphatic rings. The number of rotatable bonds is 6.